The molecule has 0 aliphatic carbocycles. The van der Waals surface area contributed by atoms with Crippen LogP contribution in [0.15, 0.2) is 152 Å². The Bertz CT molecular complexity index is 1890. The van der Waals surface area contributed by atoms with Gasteiger partial charge < -0.3 is 4.57 Å². The van der Waals surface area contributed by atoms with E-state index in [4.69, 9.17) is 0 Å². The van der Waals surface area contributed by atoms with E-state index in [1.165, 1.54) is 66.0 Å². The fourth-order valence-corrected chi connectivity index (χ4v) is 6.39. The van der Waals surface area contributed by atoms with Crippen molar-refractivity contribution in [3.63, 3.8) is 0 Å². The molecule has 2 heterocycles. The van der Waals surface area contributed by atoms with Gasteiger partial charge in [0.2, 0.25) is 0 Å². The average Bonchev–Trinajstić information content (AvgIpc) is 3.34. The van der Waals surface area contributed by atoms with Crippen molar-refractivity contribution in [2.45, 2.75) is 6.04 Å². The Morgan fingerprint density at radius 3 is 1.72 bits per heavy atom. The molecule has 0 bridgehead atoms. The molecule has 0 amide bonds. The number of rotatable bonds is 4. The molecular weight excluding hydrogens is 472 g/mol. The zero-order valence-corrected chi connectivity index (χ0v) is 21.5. The number of benzene rings is 6. The molecule has 39 heavy (non-hydrogen) atoms. The summed E-state index contributed by atoms with van der Waals surface area (Å²) in [7, 11) is 0. The van der Waals surface area contributed by atoms with Crippen LogP contribution in [0.4, 0.5) is 11.4 Å². The maximum absolute atomic E-state index is 2.38. The van der Waals surface area contributed by atoms with Crippen molar-refractivity contribution >= 4 is 33.2 Å². The van der Waals surface area contributed by atoms with E-state index in [0.717, 1.165) is 0 Å². The predicted octanol–water partition coefficient (Wildman–Crippen LogP) is 8.40. The molecule has 0 saturated carbocycles. The van der Waals surface area contributed by atoms with Crippen molar-refractivity contribution in [3.8, 4) is 16.8 Å². The van der Waals surface area contributed by atoms with Crippen LogP contribution in [0, 0.1) is 0 Å². The van der Waals surface area contributed by atoms with Gasteiger partial charge in [-0.3, -0.25) is 4.90 Å². The summed E-state index contributed by atoms with van der Waals surface area (Å²) in [6.07, 6.45) is 0. The fraction of sp³-hybridized carbons (Fsp3) is 0.0270. The molecule has 0 radical (unpaired) electrons. The van der Waals surface area contributed by atoms with E-state index >= 15 is 0 Å². The highest BCUT2D eigenvalue weighted by Crippen LogP contribution is 2.37. The topological polar surface area (TPSA) is 9.37 Å². The van der Waals surface area contributed by atoms with Crippen LogP contribution in [-0.4, -0.2) is 4.57 Å². The molecule has 1 aliphatic rings. The van der Waals surface area contributed by atoms with Crippen molar-refractivity contribution in [2.24, 2.45) is 0 Å². The van der Waals surface area contributed by atoms with Crippen LogP contribution < -0.4 is 4.90 Å². The first-order valence-electron chi connectivity index (χ1n) is 13.6. The second kappa shape index (κ2) is 8.83. The molecular formula is C37H27N2+. The van der Waals surface area contributed by atoms with Crippen molar-refractivity contribution in [1.29, 1.82) is 0 Å². The van der Waals surface area contributed by atoms with E-state index in [-0.39, 0.29) is 6.04 Å². The molecule has 2 unspecified atom stereocenters. The van der Waals surface area contributed by atoms with Gasteiger partial charge in [-0.25, -0.2) is 0 Å². The monoisotopic (exact) mass is 499 g/mol. The summed E-state index contributed by atoms with van der Waals surface area (Å²) in [6, 6.07) is 55.4. The molecule has 1 aromatic heterocycles. The lowest BCUT2D eigenvalue weighted by Crippen LogP contribution is -3.07. The third-order valence-corrected chi connectivity index (χ3v) is 8.22. The van der Waals surface area contributed by atoms with Gasteiger partial charge in [0.05, 0.1) is 16.6 Å². The minimum absolute atomic E-state index is 0.283. The van der Waals surface area contributed by atoms with E-state index in [1.54, 1.807) is 0 Å². The van der Waals surface area contributed by atoms with Gasteiger partial charge in [0.1, 0.15) is 11.4 Å². The molecule has 184 valence electrons. The van der Waals surface area contributed by atoms with Gasteiger partial charge in [-0.2, -0.15) is 0 Å². The number of nitrogens with zero attached hydrogens (tertiary/aromatic N) is 1. The van der Waals surface area contributed by atoms with Crippen LogP contribution in [0.3, 0.4) is 0 Å². The molecule has 2 atom stereocenters. The average molecular weight is 500 g/mol. The molecule has 0 spiro atoms. The van der Waals surface area contributed by atoms with Crippen molar-refractivity contribution in [1.82, 2.24) is 4.57 Å². The fourth-order valence-electron chi connectivity index (χ4n) is 6.39. The van der Waals surface area contributed by atoms with Crippen molar-refractivity contribution in [2.75, 3.05) is 0 Å². The first-order valence-corrected chi connectivity index (χ1v) is 13.6. The van der Waals surface area contributed by atoms with E-state index in [1.807, 2.05) is 0 Å². The molecule has 0 saturated heterocycles. The highest BCUT2D eigenvalue weighted by Gasteiger charge is 2.42. The first kappa shape index (κ1) is 22.1. The lowest BCUT2D eigenvalue weighted by molar-refractivity contribution is -0.814. The lowest BCUT2D eigenvalue weighted by atomic mass is 9.86. The largest absolute Gasteiger partial charge is 0.309 e. The summed E-state index contributed by atoms with van der Waals surface area (Å²) in [5, 5.41) is 2.58. The van der Waals surface area contributed by atoms with Crippen LogP contribution in [0.2, 0.25) is 0 Å². The molecule has 1 aliphatic heterocycles. The first-order chi connectivity index (χ1) is 19.4. The third-order valence-electron chi connectivity index (χ3n) is 8.22. The SMILES string of the molecule is c1ccc(-c2ccc(C3c4ccccc4[NH+]3c3ccc(-n4c5ccccc5c5ccccc54)cc3)cc2)cc1. The third kappa shape index (κ3) is 3.46. The molecule has 1 N–H and O–H groups in total. The molecule has 6 aromatic carbocycles. The maximum Gasteiger partial charge on any atom is 0.154 e. The molecule has 8 rings (SSSR count). The summed E-state index contributed by atoms with van der Waals surface area (Å²) in [6.45, 7) is 0. The highest BCUT2D eigenvalue weighted by molar-refractivity contribution is 6.09. The number of quaternary nitrogens is 1. The molecule has 2 heteroatoms. The van der Waals surface area contributed by atoms with Gasteiger partial charge >= 0.3 is 0 Å². The van der Waals surface area contributed by atoms with E-state index in [2.05, 4.69) is 156 Å². The summed E-state index contributed by atoms with van der Waals surface area (Å²) >= 11 is 0. The Hall–Kier alpha value is -4.92. The van der Waals surface area contributed by atoms with Crippen molar-refractivity contribution in [3.05, 3.63) is 163 Å². The summed E-state index contributed by atoms with van der Waals surface area (Å²) in [5.41, 5.74) is 11.6. The normalized spacial score (nSPS) is 16.2. The van der Waals surface area contributed by atoms with Crippen LogP contribution in [0.5, 0.6) is 0 Å². The summed E-state index contributed by atoms with van der Waals surface area (Å²) in [4.78, 5) is 1.41. The Kier molecular flexibility index (Phi) is 5.01. The Balaban J connectivity index is 1.19. The highest BCUT2D eigenvalue weighted by atomic mass is 15.2. The predicted molar refractivity (Wildman–Crippen MR) is 161 cm³/mol. The van der Waals surface area contributed by atoms with E-state index in [0.29, 0.717) is 0 Å². The van der Waals surface area contributed by atoms with Gasteiger partial charge in [0.25, 0.3) is 0 Å². The van der Waals surface area contributed by atoms with Crippen LogP contribution >= 0.6 is 0 Å². The quantitative estimate of drug-likeness (QED) is 0.249. The number of para-hydroxylation sites is 3. The number of fused-ring (bicyclic) bond motifs is 4. The van der Waals surface area contributed by atoms with E-state index < -0.39 is 0 Å². The Labute approximate surface area is 228 Å². The zero-order chi connectivity index (χ0) is 25.8. The summed E-state index contributed by atoms with van der Waals surface area (Å²) in [5.74, 6) is 0. The number of hydrogen-bond donors (Lipinski definition) is 1. The number of hydrogen-bond acceptors (Lipinski definition) is 0. The second-order valence-corrected chi connectivity index (χ2v) is 10.3. The van der Waals surface area contributed by atoms with Gasteiger partial charge in [0.15, 0.2) is 6.04 Å². The number of aromatic nitrogens is 1. The Morgan fingerprint density at radius 1 is 0.462 bits per heavy atom. The minimum atomic E-state index is 0.283. The van der Waals surface area contributed by atoms with E-state index in [9.17, 15) is 0 Å². The minimum Gasteiger partial charge on any atom is -0.309 e. The molecule has 0 fully saturated rings. The van der Waals surface area contributed by atoms with Gasteiger partial charge in [-0.1, -0.05) is 103 Å². The van der Waals surface area contributed by atoms with Gasteiger partial charge in [-0.15, -0.1) is 0 Å². The van der Waals surface area contributed by atoms with Crippen LogP contribution in [0.1, 0.15) is 17.2 Å². The van der Waals surface area contributed by atoms with Crippen LogP contribution in [-0.2, 0) is 0 Å². The van der Waals surface area contributed by atoms with Crippen molar-refractivity contribution < 1.29 is 4.90 Å². The van der Waals surface area contributed by atoms with Gasteiger partial charge in [-0.05, 0) is 41.5 Å². The summed E-state index contributed by atoms with van der Waals surface area (Å²) < 4.78 is 2.38. The lowest BCUT2D eigenvalue weighted by Gasteiger charge is -2.38. The number of nitrogens with one attached hydrogen (secondary N) is 1. The zero-order valence-electron chi connectivity index (χ0n) is 21.5. The second-order valence-electron chi connectivity index (χ2n) is 10.3. The smallest absolute Gasteiger partial charge is 0.154 e. The van der Waals surface area contributed by atoms with Gasteiger partial charge in [0, 0.05) is 40.2 Å². The standard InChI is InChI=1S/C37H26N2/c1-2-10-26(11-3-1)27-18-20-28(21-19-27)37-33-14-6-9-17-36(33)39(37)30-24-22-29(23-25-30)38-34-15-7-4-12-31(34)32-13-5-8-16-35(32)38/h1-25,37H/p+1. The molecule has 2 nitrogen and oxygen atoms in total. The Morgan fingerprint density at radius 2 is 1.03 bits per heavy atom. The molecule has 7 aromatic rings. The van der Waals surface area contributed by atoms with Crippen LogP contribution in [0.25, 0.3) is 38.6 Å². The maximum atomic E-state index is 2.38.